The van der Waals surface area contributed by atoms with Crippen LogP contribution in [0.5, 0.6) is 5.75 Å². The molecular weight excluding hydrogens is 331 g/mol. The Morgan fingerprint density at radius 3 is 2.58 bits per heavy atom. The van der Waals surface area contributed by atoms with E-state index in [2.05, 4.69) is 15.9 Å². The predicted molar refractivity (Wildman–Crippen MR) is 79.5 cm³/mol. The van der Waals surface area contributed by atoms with E-state index in [1.165, 1.54) is 6.07 Å². The molecule has 1 unspecified atom stereocenters. The normalized spacial score (nSPS) is 12.3. The zero-order valence-corrected chi connectivity index (χ0v) is 12.9. The number of halogens is 3. The third kappa shape index (κ3) is 2.93. The first-order chi connectivity index (χ1) is 9.04. The first kappa shape index (κ1) is 14.4. The highest BCUT2D eigenvalue weighted by Gasteiger charge is 2.20. The van der Waals surface area contributed by atoms with Crippen molar-refractivity contribution in [2.75, 3.05) is 7.11 Å². The van der Waals surface area contributed by atoms with Crippen LogP contribution in [0.3, 0.4) is 0 Å². The third-order valence-corrected chi connectivity index (χ3v) is 4.15. The van der Waals surface area contributed by atoms with Crippen molar-refractivity contribution in [2.45, 2.75) is 12.3 Å². The number of alkyl halides is 1. The summed E-state index contributed by atoms with van der Waals surface area (Å²) in [5.41, 5.74) is 2.29. The number of hydrogen-bond donors (Lipinski definition) is 0. The molecule has 0 heterocycles. The molecule has 19 heavy (non-hydrogen) atoms. The molecule has 2 rings (SSSR count). The van der Waals surface area contributed by atoms with Crippen LogP contribution in [-0.2, 0) is 0 Å². The molecule has 0 aliphatic carbocycles. The Bertz CT molecular complexity index is 580. The number of hydrogen-bond acceptors (Lipinski definition) is 1. The van der Waals surface area contributed by atoms with Crippen molar-refractivity contribution in [1.82, 2.24) is 0 Å². The number of rotatable bonds is 3. The summed E-state index contributed by atoms with van der Waals surface area (Å²) in [6.45, 7) is 1.93. The van der Waals surface area contributed by atoms with Crippen molar-refractivity contribution >= 4 is 27.5 Å². The molecule has 0 aliphatic rings. The maximum Gasteiger partial charge on any atom is 0.129 e. The topological polar surface area (TPSA) is 9.23 Å². The fourth-order valence-electron chi connectivity index (χ4n) is 1.97. The van der Waals surface area contributed by atoms with Crippen molar-refractivity contribution in [1.29, 1.82) is 0 Å². The zero-order chi connectivity index (χ0) is 14.0. The maximum absolute atomic E-state index is 13.9. The molecule has 100 valence electrons. The average molecular weight is 344 g/mol. The zero-order valence-electron chi connectivity index (χ0n) is 10.6. The van der Waals surface area contributed by atoms with Crippen molar-refractivity contribution < 1.29 is 9.13 Å². The average Bonchev–Trinajstić information content (AvgIpc) is 2.38. The highest BCUT2D eigenvalue weighted by Crippen LogP contribution is 2.37. The Kier molecular flexibility index (Phi) is 4.48. The van der Waals surface area contributed by atoms with Crippen molar-refractivity contribution in [3.05, 3.63) is 63.4 Å². The minimum Gasteiger partial charge on any atom is -0.497 e. The van der Waals surface area contributed by atoms with Crippen molar-refractivity contribution in [3.8, 4) is 5.75 Å². The molecule has 0 N–H and O–H groups in total. The molecule has 0 saturated carbocycles. The van der Waals surface area contributed by atoms with Gasteiger partial charge in [-0.1, -0.05) is 28.1 Å². The lowest BCUT2D eigenvalue weighted by Crippen LogP contribution is -2.01. The fraction of sp³-hybridized carbons (Fsp3) is 0.200. The number of aryl methyl sites for hydroxylation is 1. The standard InChI is InChI=1S/C15H13BrClFO/c1-9-8-10(19-2)6-7-11(9)15(17)14-12(16)4-3-5-13(14)18/h3-8,15H,1-2H3. The van der Waals surface area contributed by atoms with Crippen LogP contribution in [0.4, 0.5) is 4.39 Å². The second-order valence-corrected chi connectivity index (χ2v) is 5.51. The molecular formula is C15H13BrClFO. The van der Waals surface area contributed by atoms with Gasteiger partial charge in [-0.25, -0.2) is 4.39 Å². The summed E-state index contributed by atoms with van der Waals surface area (Å²) in [6.07, 6.45) is 0. The molecule has 0 aliphatic heterocycles. The van der Waals surface area contributed by atoms with Crippen LogP contribution < -0.4 is 4.74 Å². The van der Waals surface area contributed by atoms with Gasteiger partial charge in [-0.3, -0.25) is 0 Å². The van der Waals surface area contributed by atoms with E-state index in [0.717, 1.165) is 16.9 Å². The van der Waals surface area contributed by atoms with Gasteiger partial charge in [0, 0.05) is 10.0 Å². The summed E-state index contributed by atoms with van der Waals surface area (Å²) in [4.78, 5) is 0. The minimum absolute atomic E-state index is 0.315. The molecule has 0 amide bonds. The quantitative estimate of drug-likeness (QED) is 0.693. The lowest BCUT2D eigenvalue weighted by atomic mass is 9.99. The SMILES string of the molecule is COc1ccc(C(Cl)c2c(F)cccc2Br)c(C)c1. The molecule has 2 aromatic rings. The smallest absolute Gasteiger partial charge is 0.129 e. The Hall–Kier alpha value is -1.06. The number of methoxy groups -OCH3 is 1. The van der Waals surface area contributed by atoms with Gasteiger partial charge in [0.25, 0.3) is 0 Å². The van der Waals surface area contributed by atoms with Crippen LogP contribution in [-0.4, -0.2) is 7.11 Å². The molecule has 1 nitrogen and oxygen atoms in total. The van der Waals surface area contributed by atoms with E-state index in [0.29, 0.717) is 10.0 Å². The molecule has 0 spiro atoms. The van der Waals surface area contributed by atoms with Crippen molar-refractivity contribution in [3.63, 3.8) is 0 Å². The summed E-state index contributed by atoms with van der Waals surface area (Å²) < 4.78 is 19.8. The number of benzene rings is 2. The van der Waals surface area contributed by atoms with Gasteiger partial charge < -0.3 is 4.74 Å². The van der Waals surface area contributed by atoms with Gasteiger partial charge in [-0.15, -0.1) is 11.6 Å². The number of ether oxygens (including phenoxy) is 1. The molecule has 4 heteroatoms. The van der Waals surface area contributed by atoms with E-state index in [-0.39, 0.29) is 5.82 Å². The van der Waals surface area contributed by atoms with E-state index >= 15 is 0 Å². The third-order valence-electron chi connectivity index (χ3n) is 3.00. The summed E-state index contributed by atoms with van der Waals surface area (Å²) in [6, 6.07) is 10.4. The highest BCUT2D eigenvalue weighted by molar-refractivity contribution is 9.10. The van der Waals surface area contributed by atoms with E-state index in [4.69, 9.17) is 16.3 Å². The molecule has 0 radical (unpaired) electrons. The molecule has 0 bridgehead atoms. The summed E-state index contributed by atoms with van der Waals surface area (Å²) in [5.74, 6) is 0.447. The van der Waals surface area contributed by atoms with Gasteiger partial charge in [-0.2, -0.15) is 0 Å². The first-order valence-corrected chi connectivity index (χ1v) is 7.00. The van der Waals surface area contributed by atoms with Gasteiger partial charge in [0.05, 0.1) is 12.5 Å². The molecule has 0 aromatic heterocycles. The fourth-order valence-corrected chi connectivity index (χ4v) is 3.14. The van der Waals surface area contributed by atoms with E-state index < -0.39 is 5.38 Å². The predicted octanol–water partition coefficient (Wildman–Crippen LogP) is 5.23. The Morgan fingerprint density at radius 2 is 2.00 bits per heavy atom. The van der Waals surface area contributed by atoms with Gasteiger partial charge in [0.1, 0.15) is 11.6 Å². The van der Waals surface area contributed by atoms with Crippen LogP contribution >= 0.6 is 27.5 Å². The maximum atomic E-state index is 13.9. The second-order valence-electron chi connectivity index (χ2n) is 4.22. The van der Waals surface area contributed by atoms with E-state index in [1.807, 2.05) is 25.1 Å². The van der Waals surface area contributed by atoms with Crippen LogP contribution in [0.15, 0.2) is 40.9 Å². The first-order valence-electron chi connectivity index (χ1n) is 5.77. The van der Waals surface area contributed by atoms with Crippen LogP contribution in [0.25, 0.3) is 0 Å². The van der Waals surface area contributed by atoms with Crippen molar-refractivity contribution in [2.24, 2.45) is 0 Å². The van der Waals surface area contributed by atoms with Crippen LogP contribution in [0.2, 0.25) is 0 Å². The highest BCUT2D eigenvalue weighted by atomic mass is 79.9. The molecule has 0 saturated heterocycles. The van der Waals surface area contributed by atoms with Crippen LogP contribution in [0.1, 0.15) is 22.1 Å². The Labute approximate surface area is 125 Å². The lowest BCUT2D eigenvalue weighted by Gasteiger charge is -2.16. The monoisotopic (exact) mass is 342 g/mol. The lowest BCUT2D eigenvalue weighted by molar-refractivity contribution is 0.414. The molecule has 0 fully saturated rings. The van der Waals surface area contributed by atoms with Crippen LogP contribution in [0, 0.1) is 12.7 Å². The summed E-state index contributed by atoms with van der Waals surface area (Å²) >= 11 is 9.78. The Morgan fingerprint density at radius 1 is 1.26 bits per heavy atom. The van der Waals surface area contributed by atoms with Gasteiger partial charge >= 0.3 is 0 Å². The Balaban J connectivity index is 2.47. The molecule has 1 atom stereocenters. The summed E-state index contributed by atoms with van der Waals surface area (Å²) in [5, 5.41) is -0.540. The van der Waals surface area contributed by atoms with E-state index in [9.17, 15) is 4.39 Å². The van der Waals surface area contributed by atoms with E-state index in [1.54, 1.807) is 19.2 Å². The minimum atomic E-state index is -0.540. The second kappa shape index (κ2) is 5.93. The summed E-state index contributed by atoms with van der Waals surface area (Å²) in [7, 11) is 1.61. The molecule has 2 aromatic carbocycles. The van der Waals surface area contributed by atoms with Gasteiger partial charge in [-0.05, 0) is 42.3 Å². The van der Waals surface area contributed by atoms with Gasteiger partial charge in [0.2, 0.25) is 0 Å². The largest absolute Gasteiger partial charge is 0.497 e. The van der Waals surface area contributed by atoms with Gasteiger partial charge in [0.15, 0.2) is 0 Å².